The average molecular weight is 440 g/mol. The number of nitriles is 1. The van der Waals surface area contributed by atoms with E-state index in [1.807, 2.05) is 41.0 Å². The van der Waals surface area contributed by atoms with Crippen LogP contribution in [0.25, 0.3) is 17.1 Å². The Labute approximate surface area is 180 Å². The fourth-order valence-corrected chi connectivity index (χ4v) is 5.72. The molecule has 7 nitrogen and oxygen atoms in total. The van der Waals surface area contributed by atoms with Gasteiger partial charge in [0.25, 0.3) is 0 Å². The summed E-state index contributed by atoms with van der Waals surface area (Å²) in [4.78, 5) is 0.254. The lowest BCUT2D eigenvalue weighted by Gasteiger charge is -2.16. The van der Waals surface area contributed by atoms with E-state index in [0.29, 0.717) is 29.6 Å². The maximum atomic E-state index is 13.0. The summed E-state index contributed by atoms with van der Waals surface area (Å²) < 4.78 is 29.4. The third-order valence-corrected chi connectivity index (χ3v) is 7.74. The van der Waals surface area contributed by atoms with Gasteiger partial charge in [0.05, 0.1) is 16.2 Å². The Hall–Kier alpha value is -2.67. The lowest BCUT2D eigenvalue weighted by atomic mass is 10.2. The van der Waals surface area contributed by atoms with Gasteiger partial charge in [-0.2, -0.15) is 9.57 Å². The highest BCUT2D eigenvalue weighted by atomic mass is 32.2. The zero-order chi connectivity index (χ0) is 21.1. The highest BCUT2D eigenvalue weighted by Crippen LogP contribution is 2.31. The van der Waals surface area contributed by atoms with Crippen LogP contribution in [0.5, 0.6) is 0 Å². The highest BCUT2D eigenvalue weighted by Gasteiger charge is 2.28. The van der Waals surface area contributed by atoms with Crippen molar-refractivity contribution in [2.24, 2.45) is 0 Å². The van der Waals surface area contributed by atoms with Crippen LogP contribution >= 0.6 is 11.8 Å². The monoisotopic (exact) mass is 439 g/mol. The van der Waals surface area contributed by atoms with Crippen molar-refractivity contribution in [3.05, 3.63) is 54.6 Å². The Morgan fingerprint density at radius 2 is 1.80 bits per heavy atom. The van der Waals surface area contributed by atoms with Crippen molar-refractivity contribution in [2.75, 3.05) is 13.1 Å². The van der Waals surface area contributed by atoms with E-state index in [1.165, 1.54) is 16.1 Å². The summed E-state index contributed by atoms with van der Waals surface area (Å²) in [6.45, 7) is 2.91. The molecule has 2 aromatic carbocycles. The minimum Gasteiger partial charge on any atom is -0.270 e. The van der Waals surface area contributed by atoms with Crippen molar-refractivity contribution < 1.29 is 8.42 Å². The van der Waals surface area contributed by atoms with Crippen molar-refractivity contribution in [1.29, 1.82) is 5.26 Å². The molecule has 0 saturated carbocycles. The van der Waals surface area contributed by atoms with Gasteiger partial charge >= 0.3 is 0 Å². The molecule has 1 aliphatic rings. The molecule has 2 heterocycles. The molecule has 0 radical (unpaired) electrons. The van der Waals surface area contributed by atoms with Crippen LogP contribution in [0.2, 0.25) is 0 Å². The molecule has 1 aromatic heterocycles. The van der Waals surface area contributed by atoms with Gasteiger partial charge in [-0.1, -0.05) is 42.1 Å². The normalized spacial score (nSPS) is 15.7. The second-order valence-corrected chi connectivity index (χ2v) is 10.3. The zero-order valence-electron chi connectivity index (χ0n) is 16.5. The van der Waals surface area contributed by atoms with Gasteiger partial charge in [0.15, 0.2) is 11.0 Å². The maximum absolute atomic E-state index is 13.0. The SMILES string of the molecule is CC(C#N)Sc1nnc(-c2cccc(S(=O)(=O)N3CCCC3)c2)n1-c1ccccc1. The molecule has 154 valence electrons. The fraction of sp³-hybridized carbons (Fsp3) is 0.286. The van der Waals surface area contributed by atoms with Crippen molar-refractivity contribution in [3.8, 4) is 23.1 Å². The Morgan fingerprint density at radius 1 is 1.07 bits per heavy atom. The predicted molar refractivity (Wildman–Crippen MR) is 116 cm³/mol. The number of aromatic nitrogens is 3. The van der Waals surface area contributed by atoms with Gasteiger partial charge in [-0.25, -0.2) is 8.42 Å². The number of benzene rings is 2. The molecular weight excluding hydrogens is 418 g/mol. The topological polar surface area (TPSA) is 91.9 Å². The van der Waals surface area contributed by atoms with Crippen LogP contribution in [-0.2, 0) is 10.0 Å². The molecule has 1 aliphatic heterocycles. The van der Waals surface area contributed by atoms with Crippen molar-refractivity contribution in [2.45, 2.75) is 35.1 Å². The van der Waals surface area contributed by atoms with Gasteiger partial charge in [-0.05, 0) is 44.0 Å². The standard InChI is InChI=1S/C21H21N5O2S2/c1-16(15-22)29-21-24-23-20(26(21)18-9-3-2-4-10-18)17-8-7-11-19(14-17)30(27,28)25-12-5-6-13-25/h2-4,7-11,14,16H,5-6,12-13H2,1H3. The molecule has 30 heavy (non-hydrogen) atoms. The Balaban J connectivity index is 1.80. The molecule has 0 amide bonds. The zero-order valence-corrected chi connectivity index (χ0v) is 18.1. The number of sulfonamides is 1. The van der Waals surface area contributed by atoms with Crippen LogP contribution in [0.3, 0.4) is 0 Å². The molecule has 1 saturated heterocycles. The molecule has 1 atom stereocenters. The number of hydrogen-bond donors (Lipinski definition) is 0. The van der Waals surface area contributed by atoms with Gasteiger partial charge in [0, 0.05) is 24.3 Å². The molecule has 0 bridgehead atoms. The van der Waals surface area contributed by atoms with E-state index in [-0.39, 0.29) is 10.1 Å². The minimum atomic E-state index is -3.54. The van der Waals surface area contributed by atoms with Crippen molar-refractivity contribution in [1.82, 2.24) is 19.1 Å². The minimum absolute atomic E-state index is 0.254. The van der Waals surface area contributed by atoms with E-state index in [4.69, 9.17) is 0 Å². The van der Waals surface area contributed by atoms with Crippen LogP contribution < -0.4 is 0 Å². The molecular formula is C21H21N5O2S2. The van der Waals surface area contributed by atoms with Gasteiger partial charge in [-0.3, -0.25) is 4.57 Å². The van der Waals surface area contributed by atoms with Crippen molar-refractivity contribution >= 4 is 21.8 Å². The van der Waals surface area contributed by atoms with Crippen LogP contribution in [0.1, 0.15) is 19.8 Å². The van der Waals surface area contributed by atoms with Crippen LogP contribution in [-0.4, -0.2) is 45.8 Å². The molecule has 9 heteroatoms. The maximum Gasteiger partial charge on any atom is 0.243 e. The van der Waals surface area contributed by atoms with Gasteiger partial charge in [0.2, 0.25) is 10.0 Å². The molecule has 1 fully saturated rings. The van der Waals surface area contributed by atoms with Gasteiger partial charge in [0.1, 0.15) is 0 Å². The highest BCUT2D eigenvalue weighted by molar-refractivity contribution is 8.00. The number of hydrogen-bond acceptors (Lipinski definition) is 6. The summed E-state index contributed by atoms with van der Waals surface area (Å²) in [5.74, 6) is 0.535. The Morgan fingerprint density at radius 3 is 2.50 bits per heavy atom. The first-order valence-corrected chi connectivity index (χ1v) is 12.0. The lowest BCUT2D eigenvalue weighted by Crippen LogP contribution is -2.27. The molecule has 1 unspecified atom stereocenters. The van der Waals surface area contributed by atoms with Crippen LogP contribution in [0, 0.1) is 11.3 Å². The third-order valence-electron chi connectivity index (χ3n) is 4.91. The van der Waals surface area contributed by atoms with E-state index >= 15 is 0 Å². The van der Waals surface area contributed by atoms with E-state index in [1.54, 1.807) is 25.1 Å². The Bertz CT molecular complexity index is 1180. The molecule has 3 aromatic rings. The number of para-hydroxylation sites is 1. The van der Waals surface area contributed by atoms with E-state index < -0.39 is 10.0 Å². The fourth-order valence-electron chi connectivity index (χ4n) is 3.40. The largest absolute Gasteiger partial charge is 0.270 e. The van der Waals surface area contributed by atoms with E-state index in [9.17, 15) is 13.7 Å². The molecule has 4 rings (SSSR count). The average Bonchev–Trinajstić information content (AvgIpc) is 3.45. The quantitative estimate of drug-likeness (QED) is 0.544. The number of thioether (sulfide) groups is 1. The smallest absolute Gasteiger partial charge is 0.243 e. The van der Waals surface area contributed by atoms with E-state index in [2.05, 4.69) is 16.3 Å². The summed E-state index contributed by atoms with van der Waals surface area (Å²) in [7, 11) is -3.54. The van der Waals surface area contributed by atoms with Crippen molar-refractivity contribution in [3.63, 3.8) is 0 Å². The third kappa shape index (κ3) is 3.99. The first kappa shape index (κ1) is 20.6. The lowest BCUT2D eigenvalue weighted by molar-refractivity contribution is 0.477. The summed E-state index contributed by atoms with van der Waals surface area (Å²) in [5.41, 5.74) is 1.50. The summed E-state index contributed by atoms with van der Waals surface area (Å²) >= 11 is 1.31. The Kier molecular flexibility index (Phi) is 5.90. The summed E-state index contributed by atoms with van der Waals surface area (Å²) in [6, 6.07) is 18.6. The first-order chi connectivity index (χ1) is 14.5. The van der Waals surface area contributed by atoms with E-state index in [0.717, 1.165) is 18.5 Å². The predicted octanol–water partition coefficient (Wildman–Crippen LogP) is 3.72. The molecule has 0 spiro atoms. The van der Waals surface area contributed by atoms with Gasteiger partial charge in [-0.15, -0.1) is 10.2 Å². The second kappa shape index (κ2) is 8.60. The van der Waals surface area contributed by atoms with Crippen LogP contribution in [0.15, 0.2) is 64.6 Å². The van der Waals surface area contributed by atoms with Crippen LogP contribution in [0.4, 0.5) is 0 Å². The summed E-state index contributed by atoms with van der Waals surface area (Å²) in [5, 5.41) is 18.1. The molecule has 0 N–H and O–H groups in total. The summed E-state index contributed by atoms with van der Waals surface area (Å²) in [6.07, 6.45) is 1.78. The first-order valence-electron chi connectivity index (χ1n) is 9.68. The molecule has 0 aliphatic carbocycles. The number of rotatable bonds is 6. The number of nitrogens with zero attached hydrogens (tertiary/aromatic N) is 5. The second-order valence-electron chi connectivity index (χ2n) is 7.01. The van der Waals surface area contributed by atoms with Gasteiger partial charge < -0.3 is 0 Å².